The third-order valence-corrected chi connectivity index (χ3v) is 7.90. The van der Waals surface area contributed by atoms with Crippen molar-refractivity contribution in [3.8, 4) is 0 Å². The lowest BCUT2D eigenvalue weighted by atomic mass is 9.87. The molecule has 1 aromatic heterocycles. The molecular weight excluding hydrogens is 478 g/mol. The summed E-state index contributed by atoms with van der Waals surface area (Å²) in [5.41, 5.74) is 5.25. The number of hydrogen-bond acceptors (Lipinski definition) is 4. The van der Waals surface area contributed by atoms with Crippen molar-refractivity contribution in [2.45, 2.75) is 51.2 Å². The van der Waals surface area contributed by atoms with Gasteiger partial charge in [-0.05, 0) is 98.9 Å². The monoisotopic (exact) mass is 511 g/mol. The maximum atomic E-state index is 10.3. The fourth-order valence-corrected chi connectivity index (χ4v) is 6.05. The lowest BCUT2D eigenvalue weighted by Crippen LogP contribution is -2.47. The Hall–Kier alpha value is -1.73. The van der Waals surface area contributed by atoms with Crippen molar-refractivity contribution in [1.29, 1.82) is 0 Å². The van der Waals surface area contributed by atoms with E-state index in [1.165, 1.54) is 34.0 Å². The Morgan fingerprint density at radius 1 is 1.18 bits per heavy atom. The molecule has 0 amide bonds. The van der Waals surface area contributed by atoms with Crippen LogP contribution in [0.3, 0.4) is 0 Å². The highest BCUT2D eigenvalue weighted by atomic mass is 79.9. The van der Waals surface area contributed by atoms with Gasteiger partial charge in [-0.3, -0.25) is 0 Å². The number of hydrogen-bond donors (Lipinski definition) is 2. The highest BCUT2D eigenvalue weighted by molar-refractivity contribution is 9.10. The summed E-state index contributed by atoms with van der Waals surface area (Å²) in [7, 11) is 1.86. The number of piperidine rings is 1. The van der Waals surface area contributed by atoms with Crippen LogP contribution < -0.4 is 0 Å². The molecule has 2 N–H and O–H groups in total. The summed E-state index contributed by atoms with van der Waals surface area (Å²) in [5.74, 6) is 1.83. The van der Waals surface area contributed by atoms with E-state index in [1.54, 1.807) is 13.8 Å². The van der Waals surface area contributed by atoms with Crippen molar-refractivity contribution < 1.29 is 9.84 Å². The SMILES string of the molecule is CO[C@@H]1CN(CC2Cc3ccc(Br)cc3C2)CC[C@@H]1Cc1ccc2nc(C(C)(C)O)[nH]c2c1. The van der Waals surface area contributed by atoms with E-state index in [0.29, 0.717) is 17.7 Å². The van der Waals surface area contributed by atoms with Gasteiger partial charge in [0.15, 0.2) is 0 Å². The molecule has 1 fully saturated rings. The first kappa shape index (κ1) is 23.0. The molecule has 0 saturated carbocycles. The van der Waals surface area contributed by atoms with E-state index in [2.05, 4.69) is 67.2 Å². The van der Waals surface area contributed by atoms with Crippen LogP contribution in [0.25, 0.3) is 11.0 Å². The van der Waals surface area contributed by atoms with Crippen molar-refractivity contribution in [1.82, 2.24) is 14.9 Å². The van der Waals surface area contributed by atoms with Crippen molar-refractivity contribution >= 4 is 27.0 Å². The molecule has 3 aromatic rings. The lowest BCUT2D eigenvalue weighted by molar-refractivity contribution is -0.0148. The minimum Gasteiger partial charge on any atom is -0.383 e. The zero-order valence-electron chi connectivity index (χ0n) is 19.8. The molecule has 1 aliphatic heterocycles. The first-order valence-corrected chi connectivity index (χ1v) is 12.8. The van der Waals surface area contributed by atoms with E-state index in [-0.39, 0.29) is 6.10 Å². The molecule has 0 radical (unpaired) electrons. The van der Waals surface area contributed by atoms with Crippen LogP contribution >= 0.6 is 15.9 Å². The predicted molar refractivity (Wildman–Crippen MR) is 135 cm³/mol. The highest BCUT2D eigenvalue weighted by Crippen LogP contribution is 2.32. The molecule has 1 aliphatic carbocycles. The Bertz CT molecular complexity index is 1140. The molecule has 5 nitrogen and oxygen atoms in total. The Morgan fingerprint density at radius 3 is 2.79 bits per heavy atom. The van der Waals surface area contributed by atoms with E-state index in [1.807, 2.05) is 7.11 Å². The molecule has 1 saturated heterocycles. The first-order valence-electron chi connectivity index (χ1n) is 12.0. The summed E-state index contributed by atoms with van der Waals surface area (Å²) in [5, 5.41) is 10.3. The Labute approximate surface area is 204 Å². The molecule has 2 aromatic carbocycles. The second kappa shape index (κ2) is 9.14. The summed E-state index contributed by atoms with van der Waals surface area (Å²) in [6, 6.07) is 13.2. The van der Waals surface area contributed by atoms with Crippen molar-refractivity contribution in [2.75, 3.05) is 26.7 Å². The molecule has 5 rings (SSSR count). The van der Waals surface area contributed by atoms with Crippen LogP contribution in [-0.2, 0) is 29.6 Å². The maximum absolute atomic E-state index is 10.3. The average Bonchev–Trinajstić information content (AvgIpc) is 3.37. The van der Waals surface area contributed by atoms with E-state index in [4.69, 9.17) is 4.74 Å². The molecule has 1 unspecified atom stereocenters. The summed E-state index contributed by atoms with van der Waals surface area (Å²) >= 11 is 3.61. The van der Waals surface area contributed by atoms with Crippen LogP contribution in [0.1, 0.15) is 42.8 Å². The van der Waals surface area contributed by atoms with E-state index in [9.17, 15) is 5.11 Å². The molecule has 176 valence electrons. The summed E-state index contributed by atoms with van der Waals surface area (Å²) in [4.78, 5) is 10.5. The van der Waals surface area contributed by atoms with Gasteiger partial charge in [-0.1, -0.05) is 28.1 Å². The number of fused-ring (bicyclic) bond motifs is 2. The van der Waals surface area contributed by atoms with Gasteiger partial charge in [-0.25, -0.2) is 4.98 Å². The highest BCUT2D eigenvalue weighted by Gasteiger charge is 2.32. The summed E-state index contributed by atoms with van der Waals surface area (Å²) in [6.07, 6.45) is 4.78. The number of H-pyrrole nitrogens is 1. The zero-order valence-corrected chi connectivity index (χ0v) is 21.4. The quantitative estimate of drug-likeness (QED) is 0.496. The van der Waals surface area contributed by atoms with Gasteiger partial charge in [0.05, 0.1) is 17.1 Å². The number of rotatable bonds is 6. The van der Waals surface area contributed by atoms with Crippen LogP contribution in [0.2, 0.25) is 0 Å². The predicted octanol–water partition coefficient (Wildman–Crippen LogP) is 4.85. The second-order valence-corrected chi connectivity index (χ2v) is 11.4. The normalized spacial score (nSPS) is 23.8. The minimum atomic E-state index is -0.968. The molecule has 33 heavy (non-hydrogen) atoms. The van der Waals surface area contributed by atoms with E-state index in [0.717, 1.165) is 43.5 Å². The molecule has 6 heteroatoms. The number of nitrogens with one attached hydrogen (secondary N) is 1. The van der Waals surface area contributed by atoms with Gasteiger partial charge in [-0.2, -0.15) is 0 Å². The minimum absolute atomic E-state index is 0.251. The Kier molecular flexibility index (Phi) is 6.38. The van der Waals surface area contributed by atoms with Gasteiger partial charge in [0.25, 0.3) is 0 Å². The fraction of sp³-hybridized carbons (Fsp3) is 0.519. The number of nitrogens with zero attached hydrogens (tertiary/aromatic N) is 2. The van der Waals surface area contributed by atoms with Gasteiger partial charge in [-0.15, -0.1) is 0 Å². The van der Waals surface area contributed by atoms with Gasteiger partial charge in [0.1, 0.15) is 11.4 Å². The lowest BCUT2D eigenvalue weighted by Gasteiger charge is -2.39. The van der Waals surface area contributed by atoms with Crippen LogP contribution in [0.15, 0.2) is 40.9 Å². The van der Waals surface area contributed by atoms with Gasteiger partial charge >= 0.3 is 0 Å². The van der Waals surface area contributed by atoms with Crippen LogP contribution in [0, 0.1) is 11.8 Å². The second-order valence-electron chi connectivity index (χ2n) is 10.5. The van der Waals surface area contributed by atoms with Crippen LogP contribution in [-0.4, -0.2) is 52.8 Å². The number of halogens is 1. The topological polar surface area (TPSA) is 61.4 Å². The number of benzene rings is 2. The number of likely N-dealkylation sites (tertiary alicyclic amines) is 1. The van der Waals surface area contributed by atoms with Crippen molar-refractivity contribution in [3.05, 3.63) is 63.4 Å². The largest absolute Gasteiger partial charge is 0.383 e. The van der Waals surface area contributed by atoms with Crippen LogP contribution in [0.4, 0.5) is 0 Å². The van der Waals surface area contributed by atoms with E-state index >= 15 is 0 Å². The molecule has 2 aliphatic rings. The molecular formula is C27H34BrN3O2. The average molecular weight is 512 g/mol. The summed E-state index contributed by atoms with van der Waals surface area (Å²) in [6.45, 7) is 6.80. The van der Waals surface area contributed by atoms with Gasteiger partial charge in [0.2, 0.25) is 0 Å². The molecule has 2 heterocycles. The smallest absolute Gasteiger partial charge is 0.138 e. The van der Waals surface area contributed by atoms with Crippen LogP contribution in [0.5, 0.6) is 0 Å². The summed E-state index contributed by atoms with van der Waals surface area (Å²) < 4.78 is 7.17. The Balaban J connectivity index is 1.21. The number of aliphatic hydroxyl groups is 1. The fourth-order valence-electron chi connectivity index (χ4n) is 5.64. The third-order valence-electron chi connectivity index (χ3n) is 7.41. The molecule has 0 spiro atoms. The Morgan fingerprint density at radius 2 is 2.00 bits per heavy atom. The van der Waals surface area contributed by atoms with Crippen molar-refractivity contribution in [2.24, 2.45) is 11.8 Å². The van der Waals surface area contributed by atoms with Gasteiger partial charge in [0, 0.05) is 24.7 Å². The number of methoxy groups -OCH3 is 1. The maximum Gasteiger partial charge on any atom is 0.138 e. The number of ether oxygens (including phenoxy) is 1. The molecule has 0 bridgehead atoms. The number of aromatic amines is 1. The standard InChI is InChI=1S/C27H34BrN3O2/c1-27(2,32)26-29-23-7-4-17(13-24(23)30-26)10-20-8-9-31(16-25(20)33-3)15-18-11-19-5-6-22(28)14-21(19)12-18/h4-7,13-14,18,20,25,32H,8-12,15-16H2,1-3H3,(H,29,30)/t18?,20-,25-/m1/s1. The van der Waals surface area contributed by atoms with Crippen molar-refractivity contribution in [3.63, 3.8) is 0 Å². The molecule has 3 atom stereocenters. The van der Waals surface area contributed by atoms with Gasteiger partial charge < -0.3 is 19.7 Å². The third kappa shape index (κ3) is 5.04. The zero-order chi connectivity index (χ0) is 23.2. The van der Waals surface area contributed by atoms with E-state index < -0.39 is 5.60 Å². The number of aromatic nitrogens is 2. The number of imidazole rings is 1. The first-order chi connectivity index (χ1) is 15.8.